The third-order valence-corrected chi connectivity index (χ3v) is 5.49. The summed E-state index contributed by atoms with van der Waals surface area (Å²) in [5.41, 5.74) is 3.41. The maximum Gasteiger partial charge on any atom is 0.343 e. The maximum absolute atomic E-state index is 12.4. The molecule has 2 N–H and O–H groups in total. The number of nitrogens with one attached hydrogen (secondary N) is 2. The van der Waals surface area contributed by atoms with Crippen molar-refractivity contribution in [2.75, 3.05) is 11.1 Å². The molecule has 3 rings (SSSR count). The molecule has 0 aliphatic heterocycles. The van der Waals surface area contributed by atoms with Gasteiger partial charge in [0.05, 0.1) is 16.5 Å². The predicted molar refractivity (Wildman–Crippen MR) is 113 cm³/mol. The molecule has 0 aliphatic carbocycles. The van der Waals surface area contributed by atoms with Gasteiger partial charge in [0.1, 0.15) is 0 Å². The van der Waals surface area contributed by atoms with Gasteiger partial charge in [-0.2, -0.15) is 0 Å². The predicted octanol–water partition coefficient (Wildman–Crippen LogP) is 3.82. The number of hydrogen-bond donors (Lipinski definition) is 2. The second kappa shape index (κ2) is 9.12. The molecular formula is C20H21ClN4O2S. The van der Waals surface area contributed by atoms with Crippen molar-refractivity contribution in [1.82, 2.24) is 14.8 Å². The van der Waals surface area contributed by atoms with E-state index < -0.39 is 0 Å². The molecule has 0 atom stereocenters. The zero-order chi connectivity index (χ0) is 20.1. The van der Waals surface area contributed by atoms with Crippen molar-refractivity contribution in [3.05, 3.63) is 74.7 Å². The van der Waals surface area contributed by atoms with Crippen molar-refractivity contribution in [1.29, 1.82) is 0 Å². The number of amides is 1. The van der Waals surface area contributed by atoms with Gasteiger partial charge in [-0.3, -0.25) is 9.36 Å². The lowest BCUT2D eigenvalue weighted by Crippen LogP contribution is -2.20. The highest BCUT2D eigenvalue weighted by Crippen LogP contribution is 2.27. The maximum atomic E-state index is 12.4. The first-order valence-corrected chi connectivity index (χ1v) is 10.2. The third kappa shape index (κ3) is 5.05. The number of benzene rings is 2. The molecule has 0 aliphatic rings. The van der Waals surface area contributed by atoms with Gasteiger partial charge in [0.15, 0.2) is 5.16 Å². The quantitative estimate of drug-likeness (QED) is 0.574. The molecule has 1 heterocycles. The number of carbonyl (C=O) groups is 1. The minimum Gasteiger partial charge on any atom is -0.324 e. The van der Waals surface area contributed by atoms with Crippen LogP contribution in [0.25, 0.3) is 0 Å². The number of rotatable bonds is 7. The molecule has 1 amide bonds. The lowest BCUT2D eigenvalue weighted by Gasteiger charge is -2.11. The van der Waals surface area contributed by atoms with Crippen molar-refractivity contribution in [3.8, 4) is 0 Å². The Balaban J connectivity index is 1.62. The SMILES string of the molecule is Cc1cc(C)c(NC(=O)CSc2n[nH]c(=O)n2CCc2ccccc2)c(Cl)c1. The van der Waals surface area contributed by atoms with Crippen LogP contribution in [0.1, 0.15) is 16.7 Å². The summed E-state index contributed by atoms with van der Waals surface area (Å²) in [7, 11) is 0. The average molecular weight is 417 g/mol. The lowest BCUT2D eigenvalue weighted by atomic mass is 10.1. The van der Waals surface area contributed by atoms with E-state index >= 15 is 0 Å². The number of thioether (sulfide) groups is 1. The summed E-state index contributed by atoms with van der Waals surface area (Å²) in [6, 6.07) is 13.7. The van der Waals surface area contributed by atoms with E-state index in [2.05, 4.69) is 15.5 Å². The second-order valence-electron chi connectivity index (χ2n) is 6.47. The topological polar surface area (TPSA) is 79.8 Å². The first kappa shape index (κ1) is 20.2. The van der Waals surface area contributed by atoms with E-state index in [4.69, 9.17) is 11.6 Å². The molecule has 146 valence electrons. The molecule has 0 fully saturated rings. The van der Waals surface area contributed by atoms with Crippen molar-refractivity contribution < 1.29 is 4.79 Å². The Bertz CT molecular complexity index is 1010. The number of hydrogen-bond acceptors (Lipinski definition) is 4. The molecule has 0 saturated heterocycles. The van der Waals surface area contributed by atoms with Gasteiger partial charge in [-0.15, -0.1) is 5.10 Å². The molecule has 0 unspecified atom stereocenters. The zero-order valence-corrected chi connectivity index (χ0v) is 17.2. The van der Waals surface area contributed by atoms with Gasteiger partial charge < -0.3 is 5.32 Å². The number of H-pyrrole nitrogens is 1. The standard InChI is InChI=1S/C20H21ClN4O2S/c1-13-10-14(2)18(16(21)11-13)22-17(26)12-28-20-24-23-19(27)25(20)9-8-15-6-4-3-5-7-15/h3-7,10-11H,8-9,12H2,1-2H3,(H,22,26)(H,23,27). The van der Waals surface area contributed by atoms with Gasteiger partial charge >= 0.3 is 5.69 Å². The molecule has 1 aromatic heterocycles. The Kier molecular flexibility index (Phi) is 6.59. The van der Waals surface area contributed by atoms with Gasteiger partial charge in [-0.1, -0.05) is 59.8 Å². The number of aromatic amines is 1. The van der Waals surface area contributed by atoms with Crippen LogP contribution in [0, 0.1) is 13.8 Å². The summed E-state index contributed by atoms with van der Waals surface area (Å²) in [5.74, 6) is -0.0804. The highest BCUT2D eigenvalue weighted by Gasteiger charge is 2.14. The Morgan fingerprint density at radius 2 is 2.00 bits per heavy atom. The van der Waals surface area contributed by atoms with Crippen molar-refractivity contribution in [2.24, 2.45) is 0 Å². The van der Waals surface area contributed by atoms with E-state index in [1.165, 1.54) is 11.8 Å². The lowest BCUT2D eigenvalue weighted by molar-refractivity contribution is -0.113. The van der Waals surface area contributed by atoms with E-state index in [9.17, 15) is 9.59 Å². The van der Waals surface area contributed by atoms with Crippen LogP contribution in [0.4, 0.5) is 5.69 Å². The number of nitrogens with zero attached hydrogens (tertiary/aromatic N) is 2. The average Bonchev–Trinajstić information content (AvgIpc) is 3.02. The summed E-state index contributed by atoms with van der Waals surface area (Å²) in [6.45, 7) is 4.34. The van der Waals surface area contributed by atoms with E-state index in [1.54, 1.807) is 4.57 Å². The Morgan fingerprint density at radius 1 is 1.25 bits per heavy atom. The van der Waals surface area contributed by atoms with Crippen molar-refractivity contribution in [2.45, 2.75) is 32.0 Å². The van der Waals surface area contributed by atoms with Crippen LogP contribution in [0.2, 0.25) is 5.02 Å². The number of halogens is 1. The number of carbonyl (C=O) groups excluding carboxylic acids is 1. The van der Waals surface area contributed by atoms with Crippen LogP contribution in [-0.4, -0.2) is 26.4 Å². The first-order chi connectivity index (χ1) is 13.4. The normalized spacial score (nSPS) is 10.8. The molecule has 0 bridgehead atoms. The third-order valence-electron chi connectivity index (χ3n) is 4.22. The number of aryl methyl sites for hydroxylation is 3. The molecule has 3 aromatic rings. The molecule has 28 heavy (non-hydrogen) atoms. The molecule has 0 spiro atoms. The smallest absolute Gasteiger partial charge is 0.324 e. The van der Waals surface area contributed by atoms with Crippen LogP contribution in [0.3, 0.4) is 0 Å². The highest BCUT2D eigenvalue weighted by atomic mass is 35.5. The summed E-state index contributed by atoms with van der Waals surface area (Å²) < 4.78 is 1.55. The molecule has 0 saturated carbocycles. The van der Waals surface area contributed by atoms with E-state index in [0.717, 1.165) is 16.7 Å². The zero-order valence-electron chi connectivity index (χ0n) is 15.7. The summed E-state index contributed by atoms with van der Waals surface area (Å²) in [5, 5.41) is 10.3. The van der Waals surface area contributed by atoms with Gasteiger partial charge in [0.2, 0.25) is 5.91 Å². The molecule has 8 heteroatoms. The highest BCUT2D eigenvalue weighted by molar-refractivity contribution is 7.99. The second-order valence-corrected chi connectivity index (χ2v) is 7.82. The fourth-order valence-corrected chi connectivity index (χ4v) is 4.02. The fourth-order valence-electron chi connectivity index (χ4n) is 2.88. The van der Waals surface area contributed by atoms with Gasteiger partial charge in [0, 0.05) is 6.54 Å². The van der Waals surface area contributed by atoms with Crippen LogP contribution in [0.15, 0.2) is 52.4 Å². The Hall–Kier alpha value is -2.51. The Labute approximate surface area is 172 Å². The summed E-state index contributed by atoms with van der Waals surface area (Å²) >= 11 is 7.45. The summed E-state index contributed by atoms with van der Waals surface area (Å²) in [4.78, 5) is 24.4. The van der Waals surface area contributed by atoms with Crippen LogP contribution in [-0.2, 0) is 17.8 Å². The molecule has 6 nitrogen and oxygen atoms in total. The van der Waals surface area contributed by atoms with Crippen LogP contribution < -0.4 is 11.0 Å². The molecular weight excluding hydrogens is 396 g/mol. The largest absolute Gasteiger partial charge is 0.343 e. The minimum atomic E-state index is -0.281. The Morgan fingerprint density at radius 3 is 2.71 bits per heavy atom. The van der Waals surface area contributed by atoms with Crippen LogP contribution in [0.5, 0.6) is 0 Å². The van der Waals surface area contributed by atoms with Gasteiger partial charge in [0.25, 0.3) is 0 Å². The van der Waals surface area contributed by atoms with Gasteiger partial charge in [-0.25, -0.2) is 9.89 Å². The van der Waals surface area contributed by atoms with E-state index in [0.29, 0.717) is 28.8 Å². The van der Waals surface area contributed by atoms with Crippen molar-refractivity contribution in [3.63, 3.8) is 0 Å². The van der Waals surface area contributed by atoms with E-state index in [1.807, 2.05) is 56.3 Å². The minimum absolute atomic E-state index is 0.124. The monoisotopic (exact) mass is 416 g/mol. The number of anilines is 1. The fraction of sp³-hybridized carbons (Fsp3) is 0.250. The van der Waals surface area contributed by atoms with Gasteiger partial charge in [-0.05, 0) is 43.0 Å². The number of aromatic nitrogens is 3. The van der Waals surface area contributed by atoms with E-state index in [-0.39, 0.29) is 17.3 Å². The molecule has 2 aromatic carbocycles. The first-order valence-electron chi connectivity index (χ1n) is 8.82. The molecule has 0 radical (unpaired) electrons. The van der Waals surface area contributed by atoms with Crippen LogP contribution >= 0.6 is 23.4 Å². The van der Waals surface area contributed by atoms with Crippen molar-refractivity contribution >= 4 is 35.0 Å². The summed E-state index contributed by atoms with van der Waals surface area (Å²) in [6.07, 6.45) is 0.707.